The number of hydrogen-bond acceptors (Lipinski definition) is 4. The van der Waals surface area contributed by atoms with E-state index >= 15 is 0 Å². The van der Waals surface area contributed by atoms with Crippen LogP contribution in [0.25, 0.3) is 0 Å². The second-order valence-corrected chi connectivity index (χ2v) is 6.02. The molecule has 0 radical (unpaired) electrons. The number of nitrogens with one attached hydrogen (secondary N) is 1. The van der Waals surface area contributed by atoms with E-state index in [1.54, 1.807) is 12.1 Å². The zero-order valence-electron chi connectivity index (χ0n) is 15.0. The molecular formula is C21H21FN2O3. The highest BCUT2D eigenvalue weighted by atomic mass is 19.1. The smallest absolute Gasteiger partial charge is 0.287 e. The highest BCUT2D eigenvalue weighted by Gasteiger charge is 2.11. The van der Waals surface area contributed by atoms with Crippen LogP contribution in [0.4, 0.5) is 10.1 Å². The molecule has 0 aliphatic carbocycles. The van der Waals surface area contributed by atoms with Crippen molar-refractivity contribution >= 4 is 11.6 Å². The Balaban J connectivity index is 1.44. The van der Waals surface area contributed by atoms with Gasteiger partial charge in [-0.2, -0.15) is 0 Å². The third kappa shape index (κ3) is 5.34. The molecule has 6 heteroatoms. The standard InChI is InChI=1S/C21H21FN2O3/c1-24(17-5-3-2-4-6-17)14-13-23-21(25)20-12-11-19(27-20)15-26-18-9-7-16(22)8-10-18/h2-12H,13-15H2,1H3,(H,23,25). The van der Waals surface area contributed by atoms with Crippen LogP contribution >= 0.6 is 0 Å². The van der Waals surface area contributed by atoms with Crippen LogP contribution in [-0.2, 0) is 6.61 Å². The van der Waals surface area contributed by atoms with E-state index in [2.05, 4.69) is 10.2 Å². The number of likely N-dealkylation sites (N-methyl/N-ethyl adjacent to an activating group) is 1. The fourth-order valence-electron chi connectivity index (χ4n) is 2.50. The number of halogens is 1. The number of hydrogen-bond donors (Lipinski definition) is 1. The van der Waals surface area contributed by atoms with E-state index in [1.807, 2.05) is 37.4 Å². The summed E-state index contributed by atoms with van der Waals surface area (Å²) in [7, 11) is 1.97. The summed E-state index contributed by atoms with van der Waals surface area (Å²) < 4.78 is 23.9. The Morgan fingerprint density at radius 3 is 2.56 bits per heavy atom. The maximum Gasteiger partial charge on any atom is 0.287 e. The van der Waals surface area contributed by atoms with Crippen LogP contribution in [0.1, 0.15) is 16.3 Å². The van der Waals surface area contributed by atoms with Gasteiger partial charge in [0, 0.05) is 25.8 Å². The van der Waals surface area contributed by atoms with Gasteiger partial charge in [0.2, 0.25) is 0 Å². The first-order valence-corrected chi connectivity index (χ1v) is 8.63. The van der Waals surface area contributed by atoms with Crippen LogP contribution in [0.3, 0.4) is 0 Å². The SMILES string of the molecule is CN(CCNC(=O)c1ccc(COc2ccc(F)cc2)o1)c1ccccc1. The second-order valence-electron chi connectivity index (χ2n) is 6.02. The molecule has 0 spiro atoms. The predicted molar refractivity (Wildman–Crippen MR) is 101 cm³/mol. The lowest BCUT2D eigenvalue weighted by Crippen LogP contribution is -2.32. The molecule has 0 bridgehead atoms. The van der Waals surface area contributed by atoms with Crippen LogP contribution in [0.5, 0.6) is 5.75 Å². The first-order valence-electron chi connectivity index (χ1n) is 8.63. The van der Waals surface area contributed by atoms with Gasteiger partial charge in [-0.1, -0.05) is 18.2 Å². The van der Waals surface area contributed by atoms with E-state index in [1.165, 1.54) is 24.3 Å². The molecule has 5 nitrogen and oxygen atoms in total. The molecule has 27 heavy (non-hydrogen) atoms. The highest BCUT2D eigenvalue weighted by Crippen LogP contribution is 2.15. The zero-order chi connectivity index (χ0) is 19.1. The van der Waals surface area contributed by atoms with Gasteiger partial charge in [-0.15, -0.1) is 0 Å². The van der Waals surface area contributed by atoms with Crippen molar-refractivity contribution in [2.24, 2.45) is 0 Å². The molecule has 3 rings (SSSR count). The molecule has 1 N–H and O–H groups in total. The van der Waals surface area contributed by atoms with Crippen molar-refractivity contribution < 1.29 is 18.3 Å². The van der Waals surface area contributed by atoms with Gasteiger partial charge in [0.05, 0.1) is 0 Å². The van der Waals surface area contributed by atoms with Crippen LogP contribution in [0.15, 0.2) is 71.1 Å². The first kappa shape index (κ1) is 18.5. The summed E-state index contributed by atoms with van der Waals surface area (Å²) in [4.78, 5) is 14.2. The van der Waals surface area contributed by atoms with Gasteiger partial charge >= 0.3 is 0 Å². The van der Waals surface area contributed by atoms with Gasteiger partial charge in [0.25, 0.3) is 5.91 Å². The predicted octanol–water partition coefficient (Wildman–Crippen LogP) is 3.86. The molecule has 2 aromatic carbocycles. The summed E-state index contributed by atoms with van der Waals surface area (Å²) in [5.74, 6) is 0.686. The van der Waals surface area contributed by atoms with Gasteiger partial charge in [-0.25, -0.2) is 4.39 Å². The van der Waals surface area contributed by atoms with Gasteiger partial charge in [-0.3, -0.25) is 4.79 Å². The molecule has 0 aliphatic heterocycles. The number of para-hydroxylation sites is 1. The quantitative estimate of drug-likeness (QED) is 0.656. The molecule has 0 fully saturated rings. The fourth-order valence-corrected chi connectivity index (χ4v) is 2.50. The maximum atomic E-state index is 12.9. The molecular weight excluding hydrogens is 347 g/mol. The molecule has 140 valence electrons. The molecule has 0 saturated carbocycles. The lowest BCUT2D eigenvalue weighted by molar-refractivity contribution is 0.0923. The molecule has 1 heterocycles. The summed E-state index contributed by atoms with van der Waals surface area (Å²) in [5, 5.41) is 2.84. The summed E-state index contributed by atoms with van der Waals surface area (Å²) in [6.07, 6.45) is 0. The summed E-state index contributed by atoms with van der Waals surface area (Å²) in [6, 6.07) is 19.0. The number of carbonyl (C=O) groups excluding carboxylic acids is 1. The Hall–Kier alpha value is -3.28. The summed E-state index contributed by atoms with van der Waals surface area (Å²) in [6.45, 7) is 1.33. The van der Waals surface area contributed by atoms with Crippen molar-refractivity contribution in [3.05, 3.63) is 84.1 Å². The van der Waals surface area contributed by atoms with Crippen LogP contribution < -0.4 is 15.0 Å². The normalized spacial score (nSPS) is 10.4. The van der Waals surface area contributed by atoms with Crippen molar-refractivity contribution in [1.29, 1.82) is 0 Å². The van der Waals surface area contributed by atoms with Gasteiger partial charge in [0.1, 0.15) is 23.9 Å². The lowest BCUT2D eigenvalue weighted by atomic mass is 10.3. The number of ether oxygens (including phenoxy) is 1. The monoisotopic (exact) mass is 368 g/mol. The molecule has 1 aromatic heterocycles. The van der Waals surface area contributed by atoms with Crippen LogP contribution in [0.2, 0.25) is 0 Å². The van der Waals surface area contributed by atoms with E-state index in [9.17, 15) is 9.18 Å². The van der Waals surface area contributed by atoms with Crippen molar-refractivity contribution in [2.75, 3.05) is 25.0 Å². The fraction of sp³-hybridized carbons (Fsp3) is 0.190. The highest BCUT2D eigenvalue weighted by molar-refractivity contribution is 5.91. The Morgan fingerprint density at radius 1 is 1.07 bits per heavy atom. The molecule has 3 aromatic rings. The van der Waals surface area contributed by atoms with E-state index in [-0.39, 0.29) is 24.1 Å². The van der Waals surface area contributed by atoms with Crippen molar-refractivity contribution in [2.45, 2.75) is 6.61 Å². The Morgan fingerprint density at radius 2 is 1.81 bits per heavy atom. The Labute approximate surface area is 157 Å². The Bertz CT molecular complexity index is 863. The Kier molecular flexibility index (Phi) is 6.10. The van der Waals surface area contributed by atoms with E-state index in [4.69, 9.17) is 9.15 Å². The third-order valence-corrected chi connectivity index (χ3v) is 4.01. The van der Waals surface area contributed by atoms with Gasteiger partial charge in [0.15, 0.2) is 5.76 Å². The van der Waals surface area contributed by atoms with Gasteiger partial charge in [-0.05, 0) is 48.5 Å². The summed E-state index contributed by atoms with van der Waals surface area (Å²) >= 11 is 0. The molecule has 0 aliphatic rings. The average molecular weight is 368 g/mol. The molecule has 1 amide bonds. The largest absolute Gasteiger partial charge is 0.486 e. The lowest BCUT2D eigenvalue weighted by Gasteiger charge is -2.19. The van der Waals surface area contributed by atoms with Crippen molar-refractivity contribution in [3.63, 3.8) is 0 Å². The van der Waals surface area contributed by atoms with Crippen LogP contribution in [-0.4, -0.2) is 26.0 Å². The third-order valence-electron chi connectivity index (χ3n) is 4.01. The topological polar surface area (TPSA) is 54.7 Å². The van der Waals surface area contributed by atoms with E-state index in [0.717, 1.165) is 5.69 Å². The van der Waals surface area contributed by atoms with E-state index < -0.39 is 0 Å². The molecule has 0 atom stereocenters. The second kappa shape index (κ2) is 8.89. The number of rotatable bonds is 8. The minimum Gasteiger partial charge on any atom is -0.486 e. The molecule has 0 unspecified atom stereocenters. The maximum absolute atomic E-state index is 12.9. The number of anilines is 1. The van der Waals surface area contributed by atoms with Gasteiger partial charge < -0.3 is 19.4 Å². The minimum absolute atomic E-state index is 0.162. The zero-order valence-corrected chi connectivity index (χ0v) is 15.0. The van der Waals surface area contributed by atoms with Crippen LogP contribution in [0, 0.1) is 5.82 Å². The number of amides is 1. The number of benzene rings is 2. The average Bonchev–Trinajstić information content (AvgIpc) is 3.17. The number of carbonyl (C=O) groups is 1. The van der Waals surface area contributed by atoms with Crippen molar-refractivity contribution in [3.8, 4) is 5.75 Å². The molecule has 0 saturated heterocycles. The number of nitrogens with zero attached hydrogens (tertiary/aromatic N) is 1. The summed E-state index contributed by atoms with van der Waals surface area (Å²) in [5.41, 5.74) is 1.09. The number of furan rings is 1. The first-order chi connectivity index (χ1) is 13.1. The van der Waals surface area contributed by atoms with Crippen molar-refractivity contribution in [1.82, 2.24) is 5.32 Å². The van der Waals surface area contributed by atoms with E-state index in [0.29, 0.717) is 24.6 Å². The minimum atomic E-state index is -0.322.